The van der Waals surface area contributed by atoms with E-state index in [2.05, 4.69) is 4.98 Å². The minimum atomic E-state index is 0.430. The summed E-state index contributed by atoms with van der Waals surface area (Å²) >= 11 is 5.88. The van der Waals surface area contributed by atoms with Crippen LogP contribution < -0.4 is 10.5 Å². The van der Waals surface area contributed by atoms with Gasteiger partial charge in [0.1, 0.15) is 12.4 Å². The second-order valence-corrected chi connectivity index (χ2v) is 4.28. The maximum Gasteiger partial charge on any atom is 0.144 e. The number of pyridine rings is 1. The second-order valence-electron chi connectivity index (χ2n) is 3.84. The third kappa shape index (κ3) is 3.11. The first-order valence-electron chi connectivity index (χ1n) is 5.23. The lowest BCUT2D eigenvalue weighted by Crippen LogP contribution is -1.99. The van der Waals surface area contributed by atoms with E-state index in [1.165, 1.54) is 0 Å². The maximum absolute atomic E-state index is 5.88. The van der Waals surface area contributed by atoms with Crippen molar-refractivity contribution in [2.75, 3.05) is 5.73 Å². The van der Waals surface area contributed by atoms with Crippen molar-refractivity contribution in [3.05, 3.63) is 52.8 Å². The lowest BCUT2D eigenvalue weighted by atomic mass is 10.2. The predicted octanol–water partition coefficient (Wildman–Crippen LogP) is 3.20. The Morgan fingerprint density at radius 3 is 2.88 bits per heavy atom. The molecule has 0 aliphatic carbocycles. The molecule has 0 aliphatic heterocycles. The van der Waals surface area contributed by atoms with Crippen LogP contribution >= 0.6 is 11.6 Å². The highest BCUT2D eigenvalue weighted by atomic mass is 35.5. The summed E-state index contributed by atoms with van der Waals surface area (Å²) in [5, 5.41) is 0.608. The molecule has 0 amide bonds. The van der Waals surface area contributed by atoms with Gasteiger partial charge in [-0.05, 0) is 30.7 Å². The number of hydrogen-bond donors (Lipinski definition) is 1. The molecule has 0 fully saturated rings. The van der Waals surface area contributed by atoms with Gasteiger partial charge in [-0.2, -0.15) is 0 Å². The molecule has 1 heterocycles. The van der Waals surface area contributed by atoms with Crippen LogP contribution in [0.15, 0.2) is 36.7 Å². The summed E-state index contributed by atoms with van der Waals surface area (Å²) in [4.78, 5) is 4.10. The Labute approximate surface area is 105 Å². The van der Waals surface area contributed by atoms with E-state index in [9.17, 15) is 0 Å². The standard InChI is InChI=1S/C13H13ClN2O/c1-9-4-10(7-16-6-9)8-17-13-5-11(14)2-3-12(13)15/h2-7H,8,15H2,1H3. The Hall–Kier alpha value is -1.74. The van der Waals surface area contributed by atoms with Gasteiger partial charge in [0.15, 0.2) is 0 Å². The summed E-state index contributed by atoms with van der Waals surface area (Å²) in [6.07, 6.45) is 3.57. The molecule has 1 aromatic carbocycles. The molecule has 0 saturated heterocycles. The third-order valence-electron chi connectivity index (χ3n) is 2.30. The first-order valence-corrected chi connectivity index (χ1v) is 5.61. The van der Waals surface area contributed by atoms with Crippen LogP contribution in [0.5, 0.6) is 5.75 Å². The van der Waals surface area contributed by atoms with Gasteiger partial charge in [0, 0.05) is 29.0 Å². The molecule has 17 heavy (non-hydrogen) atoms. The number of benzene rings is 1. The monoisotopic (exact) mass is 248 g/mol. The second kappa shape index (κ2) is 5.06. The summed E-state index contributed by atoms with van der Waals surface area (Å²) in [5.41, 5.74) is 8.47. The number of ether oxygens (including phenoxy) is 1. The average molecular weight is 249 g/mol. The molecule has 88 valence electrons. The molecule has 1 aromatic heterocycles. The van der Waals surface area contributed by atoms with Crippen molar-refractivity contribution in [1.29, 1.82) is 0 Å². The topological polar surface area (TPSA) is 48.1 Å². The number of aromatic nitrogens is 1. The van der Waals surface area contributed by atoms with Crippen molar-refractivity contribution in [2.24, 2.45) is 0 Å². The number of anilines is 1. The Morgan fingerprint density at radius 1 is 1.29 bits per heavy atom. The number of halogens is 1. The molecule has 2 N–H and O–H groups in total. The summed E-state index contributed by atoms with van der Waals surface area (Å²) in [6, 6.07) is 7.19. The van der Waals surface area contributed by atoms with Crippen molar-refractivity contribution in [3.8, 4) is 5.75 Å². The summed E-state index contributed by atoms with van der Waals surface area (Å²) in [6.45, 7) is 2.42. The van der Waals surface area contributed by atoms with Crippen LogP contribution in [-0.4, -0.2) is 4.98 Å². The van der Waals surface area contributed by atoms with Gasteiger partial charge >= 0.3 is 0 Å². The van der Waals surface area contributed by atoms with Crippen LogP contribution in [0.4, 0.5) is 5.69 Å². The highest BCUT2D eigenvalue weighted by Gasteiger charge is 2.02. The molecule has 0 radical (unpaired) electrons. The van der Waals surface area contributed by atoms with Crippen LogP contribution in [0.2, 0.25) is 5.02 Å². The Kier molecular flexibility index (Phi) is 3.49. The Morgan fingerprint density at radius 2 is 2.12 bits per heavy atom. The number of rotatable bonds is 3. The summed E-state index contributed by atoms with van der Waals surface area (Å²) in [7, 11) is 0. The Balaban J connectivity index is 2.09. The highest BCUT2D eigenvalue weighted by molar-refractivity contribution is 6.30. The third-order valence-corrected chi connectivity index (χ3v) is 2.54. The molecular formula is C13H13ClN2O. The van der Waals surface area contributed by atoms with Crippen molar-refractivity contribution in [3.63, 3.8) is 0 Å². The van der Waals surface area contributed by atoms with Gasteiger partial charge in [-0.1, -0.05) is 11.6 Å². The number of aryl methyl sites for hydroxylation is 1. The van der Waals surface area contributed by atoms with Crippen LogP contribution in [0.1, 0.15) is 11.1 Å². The van der Waals surface area contributed by atoms with Gasteiger partial charge in [0.2, 0.25) is 0 Å². The van der Waals surface area contributed by atoms with Crippen LogP contribution in [0, 0.1) is 6.92 Å². The average Bonchev–Trinajstić information content (AvgIpc) is 2.30. The molecule has 0 bridgehead atoms. The summed E-state index contributed by atoms with van der Waals surface area (Å²) in [5.74, 6) is 0.596. The van der Waals surface area contributed by atoms with E-state index in [-0.39, 0.29) is 0 Å². The number of nitrogen functional groups attached to an aromatic ring is 1. The highest BCUT2D eigenvalue weighted by Crippen LogP contribution is 2.26. The predicted molar refractivity (Wildman–Crippen MR) is 69.2 cm³/mol. The van der Waals surface area contributed by atoms with Crippen molar-refractivity contribution in [2.45, 2.75) is 13.5 Å². The SMILES string of the molecule is Cc1cncc(COc2cc(Cl)ccc2N)c1. The van der Waals surface area contributed by atoms with Gasteiger partial charge in [-0.25, -0.2) is 0 Å². The van der Waals surface area contributed by atoms with Gasteiger partial charge in [0.05, 0.1) is 5.69 Å². The normalized spacial score (nSPS) is 10.2. The zero-order valence-electron chi connectivity index (χ0n) is 9.48. The van der Waals surface area contributed by atoms with Crippen molar-refractivity contribution < 1.29 is 4.74 Å². The molecule has 0 unspecified atom stereocenters. The largest absolute Gasteiger partial charge is 0.487 e. The minimum Gasteiger partial charge on any atom is -0.487 e. The van der Waals surface area contributed by atoms with Gasteiger partial charge < -0.3 is 10.5 Å². The van der Waals surface area contributed by atoms with Crippen LogP contribution in [0.25, 0.3) is 0 Å². The molecule has 4 heteroatoms. The Bertz CT molecular complexity index is 529. The fraction of sp³-hybridized carbons (Fsp3) is 0.154. The van der Waals surface area contributed by atoms with E-state index in [0.29, 0.717) is 23.1 Å². The fourth-order valence-electron chi connectivity index (χ4n) is 1.49. The molecule has 0 spiro atoms. The zero-order valence-corrected chi connectivity index (χ0v) is 10.2. The lowest BCUT2D eigenvalue weighted by molar-refractivity contribution is 0.307. The smallest absolute Gasteiger partial charge is 0.144 e. The van der Waals surface area contributed by atoms with Crippen molar-refractivity contribution in [1.82, 2.24) is 4.98 Å². The van der Waals surface area contributed by atoms with E-state index < -0.39 is 0 Å². The van der Waals surface area contributed by atoms with Crippen molar-refractivity contribution >= 4 is 17.3 Å². The number of nitrogens with two attached hydrogens (primary N) is 1. The van der Waals surface area contributed by atoms with E-state index in [0.717, 1.165) is 11.1 Å². The number of nitrogens with zero attached hydrogens (tertiary/aromatic N) is 1. The lowest BCUT2D eigenvalue weighted by Gasteiger charge is -2.09. The van der Waals surface area contributed by atoms with E-state index in [4.69, 9.17) is 22.1 Å². The molecule has 2 rings (SSSR count). The first-order chi connectivity index (χ1) is 8.15. The molecular weight excluding hydrogens is 236 g/mol. The van der Waals surface area contributed by atoms with Crippen LogP contribution in [0.3, 0.4) is 0 Å². The fourth-order valence-corrected chi connectivity index (χ4v) is 1.65. The first kappa shape index (κ1) is 11.7. The molecule has 3 nitrogen and oxygen atoms in total. The van der Waals surface area contributed by atoms with Gasteiger partial charge in [-0.15, -0.1) is 0 Å². The molecule has 2 aromatic rings. The summed E-state index contributed by atoms with van der Waals surface area (Å²) < 4.78 is 5.61. The molecule has 0 atom stereocenters. The van der Waals surface area contributed by atoms with Crippen LogP contribution in [-0.2, 0) is 6.61 Å². The van der Waals surface area contributed by atoms with E-state index in [1.807, 2.05) is 13.0 Å². The van der Waals surface area contributed by atoms with E-state index in [1.54, 1.807) is 30.6 Å². The zero-order chi connectivity index (χ0) is 12.3. The maximum atomic E-state index is 5.88. The minimum absolute atomic E-state index is 0.430. The molecule has 0 saturated carbocycles. The molecule has 0 aliphatic rings. The van der Waals surface area contributed by atoms with Gasteiger partial charge in [0.25, 0.3) is 0 Å². The number of hydrogen-bond acceptors (Lipinski definition) is 3. The quantitative estimate of drug-likeness (QED) is 0.849. The van der Waals surface area contributed by atoms with Gasteiger partial charge in [-0.3, -0.25) is 4.98 Å². The van der Waals surface area contributed by atoms with E-state index >= 15 is 0 Å².